The number of amides is 2. The summed E-state index contributed by atoms with van der Waals surface area (Å²) in [5.74, 6) is -2.39. The molecule has 0 saturated carbocycles. The summed E-state index contributed by atoms with van der Waals surface area (Å²) in [6.07, 6.45) is 3.10. The number of hydrogen-bond donors (Lipinski definition) is 2. The van der Waals surface area contributed by atoms with Crippen molar-refractivity contribution in [2.24, 2.45) is 0 Å². The Morgan fingerprint density at radius 3 is 2.39 bits per heavy atom. The molecular weight excluding hydrogens is 570 g/mol. The van der Waals surface area contributed by atoms with Crippen LogP contribution in [0.5, 0.6) is 11.5 Å². The normalized spacial score (nSPS) is 12.0. The highest BCUT2D eigenvalue weighted by Gasteiger charge is 2.20. The van der Waals surface area contributed by atoms with Crippen molar-refractivity contribution in [2.75, 3.05) is 17.2 Å². The lowest BCUT2D eigenvalue weighted by Crippen LogP contribution is -2.22. The van der Waals surface area contributed by atoms with Gasteiger partial charge in [-0.05, 0) is 24.2 Å². The summed E-state index contributed by atoms with van der Waals surface area (Å²) in [7, 11) is -1.24. The van der Waals surface area contributed by atoms with Crippen molar-refractivity contribution in [3.8, 4) is 11.5 Å². The van der Waals surface area contributed by atoms with Crippen molar-refractivity contribution >= 4 is 48.2 Å². The van der Waals surface area contributed by atoms with Crippen molar-refractivity contribution in [1.82, 2.24) is 19.7 Å². The molecule has 0 unspecified atom stereocenters. The molecule has 4 rings (SSSR count). The first-order valence-corrected chi connectivity index (χ1v) is 17.1. The number of nitrogens with one attached hydrogen (secondary N) is 2. The van der Waals surface area contributed by atoms with Crippen LogP contribution in [0, 0.1) is 11.6 Å². The number of rotatable bonds is 9. The molecule has 218 valence electrons. The molecule has 4 aromatic rings. The van der Waals surface area contributed by atoms with Crippen LogP contribution < -0.4 is 15.4 Å². The summed E-state index contributed by atoms with van der Waals surface area (Å²) in [5.41, 5.74) is 0.878. The highest BCUT2D eigenvalue weighted by Crippen LogP contribution is 2.37. The van der Waals surface area contributed by atoms with E-state index in [9.17, 15) is 4.79 Å². The average molecular weight is 603 g/mol. The number of aromatic nitrogens is 4. The number of pyridine rings is 1. The summed E-state index contributed by atoms with van der Waals surface area (Å²) in [4.78, 5) is 16.7. The van der Waals surface area contributed by atoms with Gasteiger partial charge in [0.25, 0.3) is 0 Å². The lowest BCUT2D eigenvalue weighted by atomic mass is 9.92. The largest absolute Gasteiger partial charge is 0.450 e. The van der Waals surface area contributed by atoms with Crippen LogP contribution in [0.15, 0.2) is 42.7 Å². The molecule has 2 amide bonds. The molecule has 3 heterocycles. The third-order valence-electron chi connectivity index (χ3n) is 6.04. The van der Waals surface area contributed by atoms with E-state index in [1.54, 1.807) is 22.9 Å². The highest BCUT2D eigenvalue weighted by atomic mass is 35.5. The van der Waals surface area contributed by atoms with E-state index >= 15 is 8.78 Å². The number of carbonyl (C=O) groups excluding carboxylic acids is 1. The zero-order chi connectivity index (χ0) is 29.9. The standard InChI is InChI=1S/C28H33ClF2N6O3Si/c1-28(2,3)22-7-8-23(36-35-22)34-27(38)33-17-13-19(30)25(20(31)14-17)40-21-9-10-32-26-24(21)18(29)15-37(26)16-39-11-12-41(4,5)6/h7-10,13-15H,11-12,16H2,1-6H3,(H2,33,34,36,38). The molecule has 0 aliphatic heterocycles. The van der Waals surface area contributed by atoms with E-state index in [4.69, 9.17) is 21.1 Å². The predicted octanol–water partition coefficient (Wildman–Crippen LogP) is 7.80. The molecule has 0 spiro atoms. The van der Waals surface area contributed by atoms with Gasteiger partial charge in [-0.15, -0.1) is 5.10 Å². The number of nitrogens with zero attached hydrogens (tertiary/aromatic N) is 4. The van der Waals surface area contributed by atoms with Gasteiger partial charge >= 0.3 is 6.03 Å². The van der Waals surface area contributed by atoms with Crippen LogP contribution in [0.4, 0.5) is 25.1 Å². The molecule has 9 nitrogen and oxygen atoms in total. The Morgan fingerprint density at radius 1 is 1.07 bits per heavy atom. The van der Waals surface area contributed by atoms with Crippen molar-refractivity contribution < 1.29 is 23.0 Å². The van der Waals surface area contributed by atoms with Gasteiger partial charge in [-0.3, -0.25) is 5.32 Å². The third-order valence-corrected chi connectivity index (χ3v) is 8.03. The molecule has 0 radical (unpaired) electrons. The van der Waals surface area contributed by atoms with Gasteiger partial charge in [-0.2, -0.15) is 5.10 Å². The highest BCUT2D eigenvalue weighted by molar-refractivity contribution is 6.76. The van der Waals surface area contributed by atoms with Gasteiger partial charge in [-0.25, -0.2) is 18.6 Å². The summed E-state index contributed by atoms with van der Waals surface area (Å²) < 4.78 is 43.2. The summed E-state index contributed by atoms with van der Waals surface area (Å²) in [6, 6.07) is 6.96. The minimum absolute atomic E-state index is 0.120. The summed E-state index contributed by atoms with van der Waals surface area (Å²) in [6.45, 7) is 13.6. The average Bonchev–Trinajstić information content (AvgIpc) is 3.19. The molecule has 0 saturated heterocycles. The summed E-state index contributed by atoms with van der Waals surface area (Å²) in [5, 5.41) is 13.6. The number of anilines is 2. The monoisotopic (exact) mass is 602 g/mol. The Hall–Kier alpha value is -3.61. The molecule has 3 aromatic heterocycles. The number of urea groups is 1. The van der Waals surface area contributed by atoms with E-state index in [0.29, 0.717) is 22.7 Å². The molecule has 0 atom stereocenters. The van der Waals surface area contributed by atoms with E-state index in [-0.39, 0.29) is 29.4 Å². The van der Waals surface area contributed by atoms with Crippen LogP contribution in [0.25, 0.3) is 11.0 Å². The predicted molar refractivity (Wildman–Crippen MR) is 159 cm³/mol. The van der Waals surface area contributed by atoms with E-state index in [0.717, 1.165) is 23.9 Å². The van der Waals surface area contributed by atoms with Crippen LogP contribution in [0.3, 0.4) is 0 Å². The maximum Gasteiger partial charge on any atom is 0.324 e. The second kappa shape index (κ2) is 12.1. The lowest BCUT2D eigenvalue weighted by Gasteiger charge is -2.16. The number of fused-ring (bicyclic) bond motifs is 1. The van der Waals surface area contributed by atoms with Crippen molar-refractivity contribution in [1.29, 1.82) is 0 Å². The van der Waals surface area contributed by atoms with Gasteiger partial charge in [-0.1, -0.05) is 52.0 Å². The van der Waals surface area contributed by atoms with Gasteiger partial charge in [0.05, 0.1) is 16.1 Å². The van der Waals surface area contributed by atoms with Crippen LogP contribution in [0.1, 0.15) is 26.5 Å². The maximum atomic E-state index is 15.0. The zero-order valence-corrected chi connectivity index (χ0v) is 25.6. The SMILES string of the molecule is CC(C)(C)c1ccc(NC(=O)Nc2cc(F)c(Oc3ccnc4c3c(Cl)cn4COCC[Si](C)(C)C)c(F)c2)nn1. The van der Waals surface area contributed by atoms with Crippen LogP contribution in [-0.4, -0.2) is 40.5 Å². The lowest BCUT2D eigenvalue weighted by molar-refractivity contribution is 0.0899. The van der Waals surface area contributed by atoms with Crippen molar-refractivity contribution in [3.05, 3.63) is 65.1 Å². The zero-order valence-electron chi connectivity index (χ0n) is 23.8. The molecule has 13 heteroatoms. The fourth-order valence-corrected chi connectivity index (χ4v) is 4.83. The van der Waals surface area contributed by atoms with Gasteiger partial charge in [0.1, 0.15) is 18.1 Å². The molecule has 0 fully saturated rings. The third kappa shape index (κ3) is 7.78. The maximum absolute atomic E-state index is 15.0. The van der Waals surface area contributed by atoms with Crippen molar-refractivity contribution in [3.63, 3.8) is 0 Å². The quantitative estimate of drug-likeness (QED) is 0.150. The minimum Gasteiger partial charge on any atom is -0.450 e. The molecule has 41 heavy (non-hydrogen) atoms. The first-order chi connectivity index (χ1) is 19.2. The molecule has 2 N–H and O–H groups in total. The Kier molecular flexibility index (Phi) is 8.95. The molecule has 0 aliphatic rings. The second-order valence-corrected chi connectivity index (χ2v) is 17.8. The van der Waals surface area contributed by atoms with E-state index < -0.39 is 31.5 Å². The Labute approximate surface area is 243 Å². The molecule has 1 aromatic carbocycles. The minimum atomic E-state index is -1.24. The first kappa shape index (κ1) is 30.3. The fourth-order valence-electron chi connectivity index (χ4n) is 3.78. The van der Waals surface area contributed by atoms with Gasteiger partial charge in [0.2, 0.25) is 0 Å². The topological polar surface area (TPSA) is 103 Å². The van der Waals surface area contributed by atoms with Crippen LogP contribution >= 0.6 is 11.6 Å². The Balaban J connectivity index is 1.46. The molecule has 0 aliphatic carbocycles. The Morgan fingerprint density at radius 2 is 1.78 bits per heavy atom. The number of halogens is 3. The second-order valence-electron chi connectivity index (χ2n) is 11.8. The Bertz CT molecular complexity index is 1530. The molecule has 0 bridgehead atoms. The number of carbonyl (C=O) groups is 1. The molecular formula is C28H33ClF2N6O3Si. The summed E-state index contributed by atoms with van der Waals surface area (Å²) >= 11 is 6.45. The smallest absolute Gasteiger partial charge is 0.324 e. The van der Waals surface area contributed by atoms with Gasteiger partial charge < -0.3 is 19.4 Å². The number of benzene rings is 1. The van der Waals surface area contributed by atoms with Gasteiger partial charge in [0, 0.05) is 50.3 Å². The first-order valence-electron chi connectivity index (χ1n) is 13.0. The van der Waals surface area contributed by atoms with Gasteiger partial charge in [0.15, 0.2) is 23.2 Å². The van der Waals surface area contributed by atoms with Crippen LogP contribution in [-0.2, 0) is 16.9 Å². The fraction of sp³-hybridized carbons (Fsp3) is 0.357. The number of hydrogen-bond acceptors (Lipinski definition) is 6. The van der Waals surface area contributed by atoms with Crippen molar-refractivity contribution in [2.45, 2.75) is 58.6 Å². The van der Waals surface area contributed by atoms with Crippen LogP contribution in [0.2, 0.25) is 30.7 Å². The van der Waals surface area contributed by atoms with E-state index in [1.807, 2.05) is 20.8 Å². The number of ether oxygens (including phenoxy) is 2. The van der Waals surface area contributed by atoms with E-state index in [2.05, 4.69) is 45.5 Å². The van der Waals surface area contributed by atoms with E-state index in [1.165, 1.54) is 12.3 Å².